The number of aryl methyl sites for hydroxylation is 2. The Morgan fingerprint density at radius 3 is 2.69 bits per heavy atom. The molecular formula is C20H20ClN5O2S. The Bertz CT molecular complexity index is 1080. The van der Waals surface area contributed by atoms with Gasteiger partial charge in [-0.25, -0.2) is 9.50 Å². The number of halogens is 1. The maximum absolute atomic E-state index is 13.1. The van der Waals surface area contributed by atoms with Crippen molar-refractivity contribution in [3.8, 4) is 0 Å². The summed E-state index contributed by atoms with van der Waals surface area (Å²) in [5.74, 6) is 0.0163. The Labute approximate surface area is 177 Å². The van der Waals surface area contributed by atoms with Crippen molar-refractivity contribution < 1.29 is 9.59 Å². The minimum Gasteiger partial charge on any atom is -0.278 e. The van der Waals surface area contributed by atoms with Crippen LogP contribution >= 0.6 is 23.4 Å². The van der Waals surface area contributed by atoms with E-state index in [0.717, 1.165) is 24.2 Å². The smallest absolute Gasteiger partial charge is 0.260 e. The van der Waals surface area contributed by atoms with Crippen molar-refractivity contribution in [3.63, 3.8) is 0 Å². The van der Waals surface area contributed by atoms with Crippen molar-refractivity contribution in [2.24, 2.45) is 0 Å². The molecule has 1 aromatic carbocycles. The number of carbonyl (C=O) groups excluding carboxylic acids is 2. The van der Waals surface area contributed by atoms with Gasteiger partial charge in [-0.15, -0.1) is 5.10 Å². The van der Waals surface area contributed by atoms with E-state index >= 15 is 0 Å². The second-order valence-corrected chi connectivity index (χ2v) is 8.66. The Balaban J connectivity index is 1.57. The molecule has 7 nitrogen and oxygen atoms in total. The lowest BCUT2D eigenvalue weighted by atomic mass is 10.2. The minimum atomic E-state index is -0.410. The van der Waals surface area contributed by atoms with Crippen LogP contribution < -0.4 is 0 Å². The zero-order chi connectivity index (χ0) is 20.5. The second kappa shape index (κ2) is 8.12. The number of hydrogen-bond donors (Lipinski definition) is 0. The predicted octanol–water partition coefficient (Wildman–Crippen LogP) is 3.71. The lowest BCUT2D eigenvalue weighted by Gasteiger charge is -2.21. The van der Waals surface area contributed by atoms with Crippen LogP contribution in [0.1, 0.15) is 41.0 Å². The zero-order valence-corrected chi connectivity index (χ0v) is 17.7. The highest BCUT2D eigenvalue weighted by molar-refractivity contribution is 8.00. The highest BCUT2D eigenvalue weighted by Crippen LogP contribution is 2.29. The zero-order valence-electron chi connectivity index (χ0n) is 16.1. The molecule has 3 aromatic rings. The summed E-state index contributed by atoms with van der Waals surface area (Å²) < 4.78 is 1.67. The number of imide groups is 1. The van der Waals surface area contributed by atoms with Gasteiger partial charge in [0.05, 0.1) is 5.25 Å². The summed E-state index contributed by atoms with van der Waals surface area (Å²) in [5.41, 5.74) is 2.25. The number of likely N-dealkylation sites (tertiary alicyclic amines) is 1. The summed E-state index contributed by atoms with van der Waals surface area (Å²) in [6.07, 6.45) is 2.31. The molecule has 9 heteroatoms. The van der Waals surface area contributed by atoms with Gasteiger partial charge in [0.25, 0.3) is 11.7 Å². The van der Waals surface area contributed by atoms with Gasteiger partial charge in [0, 0.05) is 28.5 Å². The van der Waals surface area contributed by atoms with Crippen molar-refractivity contribution in [2.75, 3.05) is 6.54 Å². The van der Waals surface area contributed by atoms with E-state index in [2.05, 4.69) is 15.1 Å². The van der Waals surface area contributed by atoms with Crippen LogP contribution in [-0.2, 0) is 4.79 Å². The fourth-order valence-electron chi connectivity index (χ4n) is 3.39. The minimum absolute atomic E-state index is 0.202. The lowest BCUT2D eigenvalue weighted by molar-refractivity contribution is -0.127. The highest BCUT2D eigenvalue weighted by Gasteiger charge is 2.33. The van der Waals surface area contributed by atoms with Crippen molar-refractivity contribution in [3.05, 3.63) is 52.3 Å². The third kappa shape index (κ3) is 4.13. The molecule has 0 saturated carbocycles. The number of rotatable bonds is 3. The topological polar surface area (TPSA) is 80.5 Å². The second-order valence-electron chi connectivity index (χ2n) is 7.05. The fraction of sp³-hybridized carbons (Fsp3) is 0.350. The van der Waals surface area contributed by atoms with Crippen molar-refractivity contribution in [1.29, 1.82) is 0 Å². The monoisotopic (exact) mass is 429 g/mol. The number of carbonyl (C=O) groups is 2. The molecule has 0 aliphatic carbocycles. The average Bonchev–Trinajstić information content (AvgIpc) is 3.00. The van der Waals surface area contributed by atoms with E-state index in [1.807, 2.05) is 19.9 Å². The molecule has 0 N–H and O–H groups in total. The Hall–Kier alpha value is -2.45. The van der Waals surface area contributed by atoms with E-state index in [4.69, 9.17) is 11.6 Å². The lowest BCUT2D eigenvalue weighted by Crippen LogP contribution is -2.41. The van der Waals surface area contributed by atoms with Crippen LogP contribution in [0.2, 0.25) is 5.02 Å². The average molecular weight is 430 g/mol. The first-order valence-electron chi connectivity index (χ1n) is 9.41. The maximum Gasteiger partial charge on any atom is 0.260 e. The molecule has 1 saturated heterocycles. The van der Waals surface area contributed by atoms with Gasteiger partial charge >= 0.3 is 0 Å². The molecular weight excluding hydrogens is 410 g/mol. The standard InChI is InChI=1S/C20H20ClN5O2S/c1-12-11-13(2)26-19(22-12)23-20(24-26)29-16-5-3-4-10-25(18(16)28)17(27)14-6-8-15(21)9-7-14/h6-9,11,16H,3-5,10H2,1-2H3. The summed E-state index contributed by atoms with van der Waals surface area (Å²) in [6, 6.07) is 8.53. The molecule has 0 radical (unpaired) electrons. The van der Waals surface area contributed by atoms with Gasteiger partial charge in [-0.2, -0.15) is 4.98 Å². The van der Waals surface area contributed by atoms with Gasteiger partial charge < -0.3 is 0 Å². The summed E-state index contributed by atoms with van der Waals surface area (Å²) >= 11 is 7.21. The number of nitrogens with zero attached hydrogens (tertiary/aromatic N) is 5. The molecule has 1 fully saturated rings. The number of aromatic nitrogens is 4. The largest absolute Gasteiger partial charge is 0.278 e. The van der Waals surface area contributed by atoms with Crippen LogP contribution in [-0.4, -0.2) is 48.1 Å². The van der Waals surface area contributed by atoms with E-state index in [1.165, 1.54) is 16.7 Å². The number of fused-ring (bicyclic) bond motifs is 1. The van der Waals surface area contributed by atoms with E-state index in [-0.39, 0.29) is 11.8 Å². The molecule has 1 unspecified atom stereocenters. The van der Waals surface area contributed by atoms with Crippen LogP contribution in [0.4, 0.5) is 0 Å². The Morgan fingerprint density at radius 2 is 1.93 bits per heavy atom. The summed E-state index contributed by atoms with van der Waals surface area (Å²) in [7, 11) is 0. The molecule has 2 aromatic heterocycles. The van der Waals surface area contributed by atoms with E-state index in [1.54, 1.807) is 28.8 Å². The van der Waals surface area contributed by atoms with Gasteiger partial charge in [0.15, 0.2) is 0 Å². The molecule has 1 aliphatic heterocycles. The van der Waals surface area contributed by atoms with E-state index in [9.17, 15) is 9.59 Å². The molecule has 29 heavy (non-hydrogen) atoms. The number of amides is 2. The maximum atomic E-state index is 13.1. The first-order chi connectivity index (χ1) is 13.9. The summed E-state index contributed by atoms with van der Waals surface area (Å²) in [4.78, 5) is 36.3. The third-order valence-electron chi connectivity index (χ3n) is 4.82. The number of thioether (sulfide) groups is 1. The van der Waals surface area contributed by atoms with Crippen molar-refractivity contribution in [2.45, 2.75) is 43.5 Å². The molecule has 150 valence electrons. The number of benzene rings is 1. The normalized spacial score (nSPS) is 17.6. The Morgan fingerprint density at radius 1 is 1.17 bits per heavy atom. The van der Waals surface area contributed by atoms with Gasteiger partial charge in [-0.3, -0.25) is 14.5 Å². The SMILES string of the molecule is Cc1cc(C)n2nc(SC3CCCCN(C(=O)c4ccc(Cl)cc4)C3=O)nc2n1. The summed E-state index contributed by atoms with van der Waals surface area (Å²) in [6.45, 7) is 4.26. The van der Waals surface area contributed by atoms with E-state index in [0.29, 0.717) is 34.5 Å². The molecule has 4 rings (SSSR count). The van der Waals surface area contributed by atoms with Crippen LogP contribution in [0.3, 0.4) is 0 Å². The fourth-order valence-corrected chi connectivity index (χ4v) is 4.55. The third-order valence-corrected chi connectivity index (χ3v) is 6.18. The van der Waals surface area contributed by atoms with Gasteiger partial charge in [-0.1, -0.05) is 29.8 Å². The van der Waals surface area contributed by atoms with Crippen molar-refractivity contribution in [1.82, 2.24) is 24.5 Å². The molecule has 0 spiro atoms. The van der Waals surface area contributed by atoms with Crippen LogP contribution in [0.25, 0.3) is 5.78 Å². The molecule has 3 heterocycles. The van der Waals surface area contributed by atoms with Gasteiger partial charge in [-0.05, 0) is 57.0 Å². The molecule has 0 bridgehead atoms. The molecule has 2 amide bonds. The molecule has 1 aliphatic rings. The van der Waals surface area contributed by atoms with Crippen LogP contribution in [0, 0.1) is 13.8 Å². The first kappa shape index (κ1) is 19.8. The number of hydrogen-bond acceptors (Lipinski definition) is 6. The highest BCUT2D eigenvalue weighted by atomic mass is 35.5. The first-order valence-corrected chi connectivity index (χ1v) is 10.7. The van der Waals surface area contributed by atoms with Gasteiger partial charge in [0.2, 0.25) is 11.1 Å². The Kier molecular flexibility index (Phi) is 5.56. The predicted molar refractivity (Wildman–Crippen MR) is 111 cm³/mol. The summed E-state index contributed by atoms with van der Waals surface area (Å²) in [5, 5.41) is 5.12. The quantitative estimate of drug-likeness (QED) is 0.590. The van der Waals surface area contributed by atoms with E-state index < -0.39 is 5.25 Å². The van der Waals surface area contributed by atoms with Crippen molar-refractivity contribution >= 4 is 41.0 Å². The van der Waals surface area contributed by atoms with Crippen LogP contribution in [0.15, 0.2) is 35.5 Å². The molecule has 1 atom stereocenters. The van der Waals surface area contributed by atoms with Gasteiger partial charge in [0.1, 0.15) is 0 Å². The van der Waals surface area contributed by atoms with Crippen LogP contribution in [0.5, 0.6) is 0 Å².